The van der Waals surface area contributed by atoms with Crippen molar-refractivity contribution in [2.75, 3.05) is 66.5 Å². The van der Waals surface area contributed by atoms with E-state index < -0.39 is 0 Å². The van der Waals surface area contributed by atoms with Crippen LogP contribution in [-0.4, -0.2) is 99.8 Å². The molecule has 200 valence electrons. The summed E-state index contributed by atoms with van der Waals surface area (Å²) in [6, 6.07) is 0. The Morgan fingerprint density at radius 1 is 0.618 bits per heavy atom. The first-order valence-electron chi connectivity index (χ1n) is 12.4. The maximum Gasteiger partial charge on any atom is 0.220 e. The Balaban J connectivity index is 0. The van der Waals surface area contributed by atoms with Gasteiger partial charge in [-0.2, -0.15) is 0 Å². The van der Waals surface area contributed by atoms with Crippen molar-refractivity contribution in [1.29, 1.82) is 0 Å². The number of nitrogens with one attached hydrogen (secondary N) is 3. The molecule has 0 aliphatic heterocycles. The van der Waals surface area contributed by atoms with Crippen LogP contribution in [0.1, 0.15) is 65.7 Å². The number of nitrogens with zero attached hydrogens (tertiary/aromatic N) is 2. The summed E-state index contributed by atoms with van der Waals surface area (Å²) in [5, 5.41) is 8.39. The minimum atomic E-state index is 0.00476. The Hall–Kier alpha value is -2.04. The average Bonchev–Trinajstić information content (AvgIpc) is 2.75. The molecule has 3 amide bonds. The van der Waals surface area contributed by atoms with E-state index in [0.717, 1.165) is 65.0 Å². The third kappa shape index (κ3) is 30.0. The lowest BCUT2D eigenvalue weighted by Gasteiger charge is -2.16. The Morgan fingerprint density at radius 2 is 1.03 bits per heavy atom. The van der Waals surface area contributed by atoms with Gasteiger partial charge in [0.25, 0.3) is 0 Å². The van der Waals surface area contributed by atoms with Crippen molar-refractivity contribution < 1.29 is 19.2 Å². The van der Waals surface area contributed by atoms with E-state index in [2.05, 4.69) is 32.8 Å². The zero-order chi connectivity index (χ0) is 26.2. The third-order valence-electron chi connectivity index (χ3n) is 4.90. The van der Waals surface area contributed by atoms with Gasteiger partial charge in [0.2, 0.25) is 17.7 Å². The smallest absolute Gasteiger partial charge is 0.220 e. The van der Waals surface area contributed by atoms with Crippen molar-refractivity contribution in [2.45, 2.75) is 65.7 Å². The van der Waals surface area contributed by atoms with Gasteiger partial charge in [0.1, 0.15) is 5.78 Å². The number of carbonyl (C=O) groups is 4. The number of nitrogens with two attached hydrogens (primary N) is 1. The average molecular weight is 487 g/mol. The summed E-state index contributed by atoms with van der Waals surface area (Å²) in [5.41, 5.74) is 5.39. The minimum absolute atomic E-state index is 0.00476. The van der Waals surface area contributed by atoms with Crippen LogP contribution in [0.15, 0.2) is 0 Å². The molecule has 34 heavy (non-hydrogen) atoms. The third-order valence-corrected chi connectivity index (χ3v) is 4.90. The number of hydrogen-bond donors (Lipinski definition) is 4. The van der Waals surface area contributed by atoms with E-state index in [0.29, 0.717) is 32.4 Å². The van der Waals surface area contributed by atoms with Crippen LogP contribution in [0.2, 0.25) is 0 Å². The lowest BCUT2D eigenvalue weighted by Crippen LogP contribution is -2.30. The van der Waals surface area contributed by atoms with Gasteiger partial charge in [-0.15, -0.1) is 0 Å². The number of Topliss-reactive ketones (excluding diaryl/α,β-unsaturated/α-hetero) is 1. The van der Waals surface area contributed by atoms with E-state index in [4.69, 9.17) is 5.73 Å². The summed E-state index contributed by atoms with van der Waals surface area (Å²) in [7, 11) is 4.10. The molecule has 0 atom stereocenters. The van der Waals surface area contributed by atoms with E-state index in [1.54, 1.807) is 6.92 Å². The largest absolute Gasteiger partial charge is 0.356 e. The molecule has 0 saturated carbocycles. The molecule has 0 unspecified atom stereocenters. The monoisotopic (exact) mass is 486 g/mol. The van der Waals surface area contributed by atoms with Crippen LogP contribution in [-0.2, 0) is 19.2 Å². The maximum absolute atomic E-state index is 11.5. The lowest BCUT2D eigenvalue weighted by atomic mass is 10.2. The van der Waals surface area contributed by atoms with Crippen molar-refractivity contribution >= 4 is 23.5 Å². The predicted octanol–water partition coefficient (Wildman–Crippen LogP) is 0.503. The second-order valence-corrected chi connectivity index (χ2v) is 8.68. The first-order chi connectivity index (χ1) is 16.1. The second-order valence-electron chi connectivity index (χ2n) is 8.68. The molecule has 0 spiro atoms. The standard InChI is InChI=1S/C15H29N3O3.C9H21N3O/c1-13(19)7-4-8-15(21)17-10-6-12-18(3)11-5-9-16-14(2)20;1-9(13)11-6-4-8-12(2)7-3-5-10/h4-12H2,1-3H3,(H,16,20)(H,17,21);3-8,10H2,1-2H3,(H,11,13). The van der Waals surface area contributed by atoms with Crippen LogP contribution in [0.3, 0.4) is 0 Å². The normalized spacial score (nSPS) is 10.5. The Kier molecular flexibility index (Phi) is 24.2. The molecule has 0 saturated heterocycles. The summed E-state index contributed by atoms with van der Waals surface area (Å²) in [4.78, 5) is 47.8. The van der Waals surface area contributed by atoms with Gasteiger partial charge in [-0.25, -0.2) is 0 Å². The van der Waals surface area contributed by atoms with Gasteiger partial charge in [-0.05, 0) is 85.8 Å². The number of ketones is 1. The molecule has 0 radical (unpaired) electrons. The highest BCUT2D eigenvalue weighted by molar-refractivity contribution is 5.78. The van der Waals surface area contributed by atoms with Crippen LogP contribution < -0.4 is 21.7 Å². The number of rotatable bonds is 19. The zero-order valence-corrected chi connectivity index (χ0v) is 22.2. The Bertz CT molecular complexity index is 560. The molecular formula is C24H50N6O4. The molecule has 0 aliphatic carbocycles. The topological polar surface area (TPSA) is 137 Å². The molecule has 0 bridgehead atoms. The number of hydrogen-bond acceptors (Lipinski definition) is 7. The van der Waals surface area contributed by atoms with Crippen molar-refractivity contribution in [3.8, 4) is 0 Å². The van der Waals surface area contributed by atoms with Crippen molar-refractivity contribution in [3.05, 3.63) is 0 Å². The van der Waals surface area contributed by atoms with E-state index >= 15 is 0 Å². The molecule has 0 aromatic rings. The van der Waals surface area contributed by atoms with E-state index in [9.17, 15) is 19.2 Å². The lowest BCUT2D eigenvalue weighted by molar-refractivity contribution is -0.122. The zero-order valence-electron chi connectivity index (χ0n) is 22.2. The van der Waals surface area contributed by atoms with Crippen molar-refractivity contribution in [1.82, 2.24) is 25.8 Å². The second kappa shape index (κ2) is 24.1. The van der Waals surface area contributed by atoms with Gasteiger partial charge in [0, 0.05) is 46.3 Å². The first-order valence-corrected chi connectivity index (χ1v) is 12.4. The molecule has 0 fully saturated rings. The van der Waals surface area contributed by atoms with Crippen molar-refractivity contribution in [2.24, 2.45) is 5.73 Å². The molecule has 10 heteroatoms. The number of amides is 3. The van der Waals surface area contributed by atoms with E-state index in [1.165, 1.54) is 13.8 Å². The molecule has 0 aromatic heterocycles. The molecule has 0 aliphatic rings. The fraction of sp³-hybridized carbons (Fsp3) is 0.833. The Labute approximate surface area is 206 Å². The van der Waals surface area contributed by atoms with Crippen LogP contribution in [0, 0.1) is 0 Å². The minimum Gasteiger partial charge on any atom is -0.356 e. The molecule has 5 N–H and O–H groups in total. The maximum atomic E-state index is 11.5. The number of carbonyl (C=O) groups excluding carboxylic acids is 4. The molecular weight excluding hydrogens is 436 g/mol. The highest BCUT2D eigenvalue weighted by atomic mass is 16.2. The summed E-state index contributed by atoms with van der Waals surface area (Å²) in [5.74, 6) is 0.197. The van der Waals surface area contributed by atoms with Crippen LogP contribution in [0.25, 0.3) is 0 Å². The first kappa shape index (κ1) is 34.1. The van der Waals surface area contributed by atoms with Gasteiger partial charge in [-0.3, -0.25) is 14.4 Å². The molecule has 0 heterocycles. The van der Waals surface area contributed by atoms with Crippen LogP contribution in [0.4, 0.5) is 0 Å². The highest BCUT2D eigenvalue weighted by Gasteiger charge is 2.03. The quantitative estimate of drug-likeness (QED) is 0.195. The van der Waals surface area contributed by atoms with Gasteiger partial charge >= 0.3 is 0 Å². The molecule has 0 aromatic carbocycles. The van der Waals surface area contributed by atoms with Crippen molar-refractivity contribution in [3.63, 3.8) is 0 Å². The van der Waals surface area contributed by atoms with Gasteiger partial charge < -0.3 is 36.3 Å². The summed E-state index contributed by atoms with van der Waals surface area (Å²) < 4.78 is 0. The Morgan fingerprint density at radius 3 is 1.41 bits per heavy atom. The fourth-order valence-electron chi connectivity index (χ4n) is 2.97. The summed E-state index contributed by atoms with van der Waals surface area (Å²) in [6.45, 7) is 11.4. The van der Waals surface area contributed by atoms with Gasteiger partial charge in [0.05, 0.1) is 0 Å². The fourth-order valence-corrected chi connectivity index (χ4v) is 2.97. The molecule has 10 nitrogen and oxygen atoms in total. The summed E-state index contributed by atoms with van der Waals surface area (Å²) >= 11 is 0. The van der Waals surface area contributed by atoms with Crippen LogP contribution >= 0.6 is 0 Å². The SMILES string of the molecule is CC(=O)CCCC(=O)NCCCN(C)CCCNC(C)=O.CC(=O)NCCCN(C)CCCN. The van der Waals surface area contributed by atoms with E-state index in [1.807, 2.05) is 7.05 Å². The summed E-state index contributed by atoms with van der Waals surface area (Å²) in [6.07, 6.45) is 5.39. The van der Waals surface area contributed by atoms with Gasteiger partial charge in [0.15, 0.2) is 0 Å². The van der Waals surface area contributed by atoms with Gasteiger partial charge in [-0.1, -0.05) is 0 Å². The molecule has 0 rings (SSSR count). The predicted molar refractivity (Wildman–Crippen MR) is 137 cm³/mol. The van der Waals surface area contributed by atoms with Crippen LogP contribution in [0.5, 0.6) is 0 Å². The van der Waals surface area contributed by atoms with E-state index in [-0.39, 0.29) is 23.5 Å². The highest BCUT2D eigenvalue weighted by Crippen LogP contribution is 1.96.